The van der Waals surface area contributed by atoms with Crippen LogP contribution < -0.4 is 0 Å². The van der Waals surface area contributed by atoms with Crippen LogP contribution >= 0.6 is 22.7 Å². The summed E-state index contributed by atoms with van der Waals surface area (Å²) in [5.41, 5.74) is 2.64. The number of rotatable bonds is 0. The molecule has 0 aliphatic carbocycles. The molecule has 0 radical (unpaired) electrons. The van der Waals surface area contributed by atoms with Crippen LogP contribution in [-0.2, 0) is 0 Å². The average molecular weight is 419 g/mol. The molecule has 142 valence electrons. The van der Waals surface area contributed by atoms with Gasteiger partial charge in [-0.2, -0.15) is 0 Å². The van der Waals surface area contributed by atoms with Crippen molar-refractivity contribution in [1.82, 2.24) is 0 Å². The van der Waals surface area contributed by atoms with Crippen molar-refractivity contribution >= 4 is 84.6 Å². The van der Waals surface area contributed by atoms with Gasteiger partial charge in [0.15, 0.2) is 0 Å². The van der Waals surface area contributed by atoms with Gasteiger partial charge < -0.3 is 0 Å². The van der Waals surface area contributed by atoms with E-state index in [-0.39, 0.29) is 0 Å². The van der Waals surface area contributed by atoms with Crippen LogP contribution in [0, 0.1) is 13.8 Å². The van der Waals surface area contributed by atoms with Gasteiger partial charge in [0.05, 0.1) is 0 Å². The van der Waals surface area contributed by atoms with Crippen LogP contribution in [0.3, 0.4) is 0 Å². The van der Waals surface area contributed by atoms with Crippen molar-refractivity contribution in [3.63, 3.8) is 0 Å². The molecule has 0 N–H and O–H groups in total. The first kappa shape index (κ1) is 16.8. The van der Waals surface area contributed by atoms with Gasteiger partial charge in [0.2, 0.25) is 0 Å². The zero-order valence-corrected chi connectivity index (χ0v) is 18.4. The highest BCUT2D eigenvalue weighted by molar-refractivity contribution is 7.27. The minimum atomic E-state index is 1.32. The fraction of sp³-hybridized carbons (Fsp3) is 0.0714. The van der Waals surface area contributed by atoms with Crippen LogP contribution in [0.5, 0.6) is 0 Å². The van der Waals surface area contributed by atoms with Crippen molar-refractivity contribution in [3.8, 4) is 0 Å². The topological polar surface area (TPSA) is 0 Å². The summed E-state index contributed by atoms with van der Waals surface area (Å²) in [6, 6.07) is 27.7. The van der Waals surface area contributed by atoms with E-state index in [0.717, 1.165) is 0 Å². The molecule has 0 saturated carbocycles. The summed E-state index contributed by atoms with van der Waals surface area (Å²) in [7, 11) is 0. The van der Waals surface area contributed by atoms with Gasteiger partial charge in [0, 0.05) is 51.1 Å². The van der Waals surface area contributed by atoms with Gasteiger partial charge in [0.1, 0.15) is 0 Å². The highest BCUT2D eigenvalue weighted by Crippen LogP contribution is 2.43. The van der Waals surface area contributed by atoms with E-state index in [4.69, 9.17) is 0 Å². The third kappa shape index (κ3) is 2.21. The molecule has 0 spiro atoms. The Labute approximate surface area is 182 Å². The van der Waals surface area contributed by atoms with E-state index in [1.54, 1.807) is 0 Å². The predicted octanol–water partition coefficient (Wildman–Crippen LogP) is 9.35. The SMILES string of the molecule is Cc1ccc2sc3c4cc5ccc6c7cc(C)ccc7sc6c5cc4ccc3c2c1. The number of benzene rings is 5. The molecular weight excluding hydrogens is 400 g/mol. The van der Waals surface area contributed by atoms with Crippen LogP contribution in [0.25, 0.3) is 61.9 Å². The van der Waals surface area contributed by atoms with Crippen LogP contribution in [0.1, 0.15) is 11.1 Å². The van der Waals surface area contributed by atoms with Gasteiger partial charge in [0.25, 0.3) is 0 Å². The molecule has 2 aromatic heterocycles. The van der Waals surface area contributed by atoms with E-state index in [9.17, 15) is 0 Å². The summed E-state index contributed by atoms with van der Waals surface area (Å²) in [6.07, 6.45) is 0. The Morgan fingerprint density at radius 3 is 1.37 bits per heavy atom. The van der Waals surface area contributed by atoms with Crippen molar-refractivity contribution in [3.05, 3.63) is 83.9 Å². The summed E-state index contributed by atoms with van der Waals surface area (Å²) in [6.45, 7) is 4.35. The average Bonchev–Trinajstić information content (AvgIpc) is 3.30. The molecule has 0 bridgehead atoms. The van der Waals surface area contributed by atoms with Crippen LogP contribution in [0.4, 0.5) is 0 Å². The predicted molar refractivity (Wildman–Crippen MR) is 137 cm³/mol. The summed E-state index contributed by atoms with van der Waals surface area (Å²) < 4.78 is 5.56. The highest BCUT2D eigenvalue weighted by Gasteiger charge is 2.13. The van der Waals surface area contributed by atoms with Gasteiger partial charge in [-0.1, -0.05) is 47.5 Å². The lowest BCUT2D eigenvalue weighted by Crippen LogP contribution is -1.78. The number of hydrogen-bond donors (Lipinski definition) is 0. The second kappa shape index (κ2) is 5.81. The minimum absolute atomic E-state index is 1.32. The molecule has 0 nitrogen and oxygen atoms in total. The van der Waals surface area contributed by atoms with Crippen molar-refractivity contribution in [2.45, 2.75) is 13.8 Å². The Balaban J connectivity index is 1.62. The Bertz CT molecular complexity index is 1680. The Hall–Kier alpha value is -2.94. The van der Waals surface area contributed by atoms with Gasteiger partial charge >= 0.3 is 0 Å². The summed E-state index contributed by atoms with van der Waals surface area (Å²) in [4.78, 5) is 0. The number of fused-ring (bicyclic) bond motifs is 10. The van der Waals surface area contributed by atoms with E-state index < -0.39 is 0 Å². The molecule has 7 rings (SSSR count). The normalized spacial score (nSPS) is 12.3. The molecule has 0 atom stereocenters. The molecule has 0 amide bonds. The first-order valence-corrected chi connectivity index (χ1v) is 11.9. The second-order valence-electron chi connectivity index (χ2n) is 8.38. The zero-order valence-electron chi connectivity index (χ0n) is 16.7. The van der Waals surface area contributed by atoms with E-state index in [1.165, 1.54) is 73.0 Å². The fourth-order valence-electron chi connectivity index (χ4n) is 4.84. The third-order valence-corrected chi connectivity index (χ3v) is 8.77. The molecule has 30 heavy (non-hydrogen) atoms. The molecule has 0 aliphatic heterocycles. The largest absolute Gasteiger partial charge is 0.135 e. The lowest BCUT2D eigenvalue weighted by atomic mass is 9.99. The van der Waals surface area contributed by atoms with Crippen LogP contribution in [0.15, 0.2) is 72.8 Å². The highest BCUT2D eigenvalue weighted by atomic mass is 32.1. The third-order valence-electron chi connectivity index (χ3n) is 6.33. The van der Waals surface area contributed by atoms with Crippen molar-refractivity contribution in [1.29, 1.82) is 0 Å². The Morgan fingerprint density at radius 2 is 0.900 bits per heavy atom. The second-order valence-corrected chi connectivity index (χ2v) is 10.5. The molecule has 0 unspecified atom stereocenters. The van der Waals surface area contributed by atoms with E-state index in [1.807, 2.05) is 22.7 Å². The Kier molecular flexibility index (Phi) is 3.26. The lowest BCUT2D eigenvalue weighted by molar-refractivity contribution is 1.52. The maximum absolute atomic E-state index is 2.41. The van der Waals surface area contributed by atoms with Gasteiger partial charge in [-0.25, -0.2) is 0 Å². The van der Waals surface area contributed by atoms with Gasteiger partial charge in [-0.15, -0.1) is 22.7 Å². The molecular formula is C28H18S2. The fourth-order valence-corrected chi connectivity index (χ4v) is 7.26. The van der Waals surface area contributed by atoms with Crippen molar-refractivity contribution in [2.75, 3.05) is 0 Å². The molecule has 2 heterocycles. The van der Waals surface area contributed by atoms with E-state index in [0.29, 0.717) is 0 Å². The number of aryl methyl sites for hydroxylation is 2. The van der Waals surface area contributed by atoms with Gasteiger partial charge in [-0.3, -0.25) is 0 Å². The quantitative estimate of drug-likeness (QED) is 0.215. The summed E-state index contributed by atoms with van der Waals surface area (Å²) in [5.74, 6) is 0. The molecule has 0 saturated heterocycles. The molecule has 0 aliphatic rings. The monoisotopic (exact) mass is 418 g/mol. The van der Waals surface area contributed by atoms with Crippen molar-refractivity contribution in [2.24, 2.45) is 0 Å². The molecule has 7 aromatic rings. The zero-order chi connectivity index (χ0) is 20.0. The van der Waals surface area contributed by atoms with Crippen LogP contribution in [0.2, 0.25) is 0 Å². The standard InChI is InChI=1S/C28H18S2/c1-15-3-9-25-23(11-15)19-7-5-17-14-22-18(13-21(17)27(19)29-25)6-8-20-24-12-16(2)4-10-26(24)30-28(20)22/h3-14H,1-2H3. The van der Waals surface area contributed by atoms with Crippen molar-refractivity contribution < 1.29 is 0 Å². The van der Waals surface area contributed by atoms with Gasteiger partial charge in [-0.05, 0) is 61.0 Å². The maximum Gasteiger partial charge on any atom is 0.0434 e. The Morgan fingerprint density at radius 1 is 0.433 bits per heavy atom. The molecule has 5 aromatic carbocycles. The first-order valence-electron chi connectivity index (χ1n) is 10.3. The summed E-state index contributed by atoms with van der Waals surface area (Å²) in [5, 5.41) is 10.9. The summed E-state index contributed by atoms with van der Waals surface area (Å²) >= 11 is 3.84. The number of thiophene rings is 2. The maximum atomic E-state index is 2.41. The smallest absolute Gasteiger partial charge is 0.0434 e. The van der Waals surface area contributed by atoms with Crippen LogP contribution in [-0.4, -0.2) is 0 Å². The lowest BCUT2D eigenvalue weighted by Gasteiger charge is -2.05. The van der Waals surface area contributed by atoms with E-state index in [2.05, 4.69) is 86.6 Å². The van der Waals surface area contributed by atoms with E-state index >= 15 is 0 Å². The number of hydrogen-bond acceptors (Lipinski definition) is 2. The minimum Gasteiger partial charge on any atom is -0.135 e. The molecule has 2 heteroatoms. The molecule has 0 fully saturated rings. The first-order chi connectivity index (χ1) is 14.7.